The Bertz CT molecular complexity index is 823. The second-order valence-electron chi connectivity index (χ2n) is 5.27. The van der Waals surface area contributed by atoms with Crippen LogP contribution in [0, 0.1) is 0 Å². The Balaban J connectivity index is 2.03. The van der Waals surface area contributed by atoms with Gasteiger partial charge in [-0.05, 0) is 48.1 Å². The lowest BCUT2D eigenvalue weighted by atomic mass is 10.2. The fourth-order valence-corrected chi connectivity index (χ4v) is 2.72. The maximum absolute atomic E-state index is 6.17. The van der Waals surface area contributed by atoms with Gasteiger partial charge in [0.05, 0.1) is 13.3 Å². The number of ether oxygens (including phenoxy) is 2. The van der Waals surface area contributed by atoms with Crippen LogP contribution in [-0.4, -0.2) is 25.0 Å². The molecule has 2 rings (SSSR count). The lowest BCUT2D eigenvalue weighted by molar-refractivity contribution is 0.284. The van der Waals surface area contributed by atoms with Gasteiger partial charge in [0.1, 0.15) is 6.61 Å². The number of nitrogens with zero attached hydrogens (tertiary/aromatic N) is 1. The summed E-state index contributed by atoms with van der Waals surface area (Å²) in [4.78, 5) is 0. The molecule has 0 radical (unpaired) electrons. The second-order valence-corrected chi connectivity index (χ2v) is 6.49. The average Bonchev–Trinajstić information content (AvgIpc) is 2.66. The summed E-state index contributed by atoms with van der Waals surface area (Å²) in [6.07, 6.45) is 3.33. The first-order valence-corrected chi connectivity index (χ1v) is 9.13. The summed E-state index contributed by atoms with van der Waals surface area (Å²) in [6.45, 7) is 4.40. The van der Waals surface area contributed by atoms with Gasteiger partial charge in [0.2, 0.25) is 0 Å². The van der Waals surface area contributed by atoms with E-state index in [1.807, 2.05) is 6.07 Å². The average molecular weight is 424 g/mol. The first-order valence-electron chi connectivity index (χ1n) is 7.96. The fraction of sp³-hybridized carbons (Fsp3) is 0.158. The molecular formula is C19H19Cl2N3O2S. The zero-order chi connectivity index (χ0) is 19.6. The van der Waals surface area contributed by atoms with E-state index in [1.165, 1.54) is 0 Å². The van der Waals surface area contributed by atoms with Crippen LogP contribution in [0.1, 0.15) is 11.1 Å². The van der Waals surface area contributed by atoms with Crippen molar-refractivity contribution in [3.63, 3.8) is 0 Å². The molecule has 27 heavy (non-hydrogen) atoms. The second kappa shape index (κ2) is 10.8. The smallest absolute Gasteiger partial charge is 0.187 e. The van der Waals surface area contributed by atoms with Crippen molar-refractivity contribution in [3.8, 4) is 11.5 Å². The van der Waals surface area contributed by atoms with Crippen LogP contribution in [0.15, 0.2) is 54.2 Å². The number of hydrogen-bond acceptors (Lipinski definition) is 4. The van der Waals surface area contributed by atoms with Gasteiger partial charge in [0.25, 0.3) is 0 Å². The third-order valence-electron chi connectivity index (χ3n) is 3.41. The number of halogens is 2. The summed E-state index contributed by atoms with van der Waals surface area (Å²) < 4.78 is 11.2. The van der Waals surface area contributed by atoms with Gasteiger partial charge in [-0.3, -0.25) is 5.43 Å². The van der Waals surface area contributed by atoms with Gasteiger partial charge in [-0.2, -0.15) is 5.10 Å². The Kier molecular flexibility index (Phi) is 8.39. The lowest BCUT2D eigenvalue weighted by Gasteiger charge is -2.13. The van der Waals surface area contributed by atoms with Crippen molar-refractivity contribution in [1.82, 2.24) is 10.7 Å². The third kappa shape index (κ3) is 6.43. The molecule has 142 valence electrons. The summed E-state index contributed by atoms with van der Waals surface area (Å²) in [7, 11) is 1.57. The van der Waals surface area contributed by atoms with E-state index in [0.717, 1.165) is 11.1 Å². The SMILES string of the molecule is C=CCNC(=S)N/N=C/c1ccc(OCc2c(Cl)cccc2Cl)c(OC)c1. The van der Waals surface area contributed by atoms with Crippen molar-refractivity contribution >= 4 is 46.7 Å². The number of hydrogen-bond donors (Lipinski definition) is 2. The van der Waals surface area contributed by atoms with Gasteiger partial charge in [0, 0.05) is 22.2 Å². The summed E-state index contributed by atoms with van der Waals surface area (Å²) in [5, 5.41) is 8.50. The molecule has 0 aliphatic rings. The molecule has 2 N–H and O–H groups in total. The van der Waals surface area contributed by atoms with E-state index in [4.69, 9.17) is 44.9 Å². The van der Waals surface area contributed by atoms with Crippen molar-refractivity contribution in [2.45, 2.75) is 6.61 Å². The largest absolute Gasteiger partial charge is 0.493 e. The van der Waals surface area contributed by atoms with Gasteiger partial charge in [-0.25, -0.2) is 0 Å². The maximum Gasteiger partial charge on any atom is 0.187 e. The lowest BCUT2D eigenvalue weighted by Crippen LogP contribution is -2.31. The number of rotatable bonds is 8. The summed E-state index contributed by atoms with van der Waals surface area (Å²) >= 11 is 17.4. The molecular weight excluding hydrogens is 405 g/mol. The zero-order valence-corrected chi connectivity index (χ0v) is 17.0. The number of thiocarbonyl (C=S) groups is 1. The molecule has 0 heterocycles. The Hall–Kier alpha value is -2.28. The fourth-order valence-electron chi connectivity index (χ4n) is 2.07. The van der Waals surface area contributed by atoms with Crippen LogP contribution in [0.25, 0.3) is 0 Å². The number of benzene rings is 2. The molecule has 2 aromatic rings. The predicted octanol–water partition coefficient (Wildman–Crippen LogP) is 4.57. The molecule has 0 atom stereocenters. The Morgan fingerprint density at radius 2 is 1.96 bits per heavy atom. The van der Waals surface area contributed by atoms with E-state index in [1.54, 1.807) is 49.7 Å². The monoisotopic (exact) mass is 423 g/mol. The zero-order valence-electron chi connectivity index (χ0n) is 14.7. The van der Waals surface area contributed by atoms with Crippen LogP contribution < -0.4 is 20.2 Å². The first kappa shape index (κ1) is 21.0. The molecule has 0 unspecified atom stereocenters. The van der Waals surface area contributed by atoms with Crippen molar-refractivity contribution in [3.05, 3.63) is 70.2 Å². The van der Waals surface area contributed by atoms with E-state index < -0.39 is 0 Å². The number of methoxy groups -OCH3 is 1. The summed E-state index contributed by atoms with van der Waals surface area (Å²) in [5.41, 5.74) is 4.25. The van der Waals surface area contributed by atoms with Crippen LogP contribution in [0.4, 0.5) is 0 Å². The van der Waals surface area contributed by atoms with Crippen LogP contribution in [-0.2, 0) is 6.61 Å². The standard InChI is InChI=1S/C19H19Cl2N3O2S/c1-3-9-22-19(27)24-23-11-13-7-8-17(18(10-13)25-2)26-12-14-15(20)5-4-6-16(14)21/h3-8,10-11H,1,9,12H2,2H3,(H2,22,24,27)/b23-11+. The van der Waals surface area contributed by atoms with E-state index in [2.05, 4.69) is 22.4 Å². The Morgan fingerprint density at radius 1 is 1.22 bits per heavy atom. The molecule has 0 aliphatic heterocycles. The van der Waals surface area contributed by atoms with E-state index in [0.29, 0.717) is 33.2 Å². The molecule has 8 heteroatoms. The normalized spacial score (nSPS) is 10.5. The highest BCUT2D eigenvalue weighted by molar-refractivity contribution is 7.80. The summed E-state index contributed by atoms with van der Waals surface area (Å²) in [5.74, 6) is 1.14. The molecule has 0 saturated heterocycles. The molecule has 0 bridgehead atoms. The van der Waals surface area contributed by atoms with Gasteiger partial charge in [-0.1, -0.05) is 35.3 Å². The molecule has 0 fully saturated rings. The van der Waals surface area contributed by atoms with E-state index in [9.17, 15) is 0 Å². The van der Waals surface area contributed by atoms with Crippen LogP contribution in [0.3, 0.4) is 0 Å². The topological polar surface area (TPSA) is 54.9 Å². The number of nitrogens with one attached hydrogen (secondary N) is 2. The van der Waals surface area contributed by atoms with Gasteiger partial charge in [0.15, 0.2) is 16.6 Å². The number of hydrazone groups is 1. The van der Waals surface area contributed by atoms with Gasteiger partial charge < -0.3 is 14.8 Å². The van der Waals surface area contributed by atoms with Crippen molar-refractivity contribution in [1.29, 1.82) is 0 Å². The van der Waals surface area contributed by atoms with Crippen molar-refractivity contribution in [2.24, 2.45) is 5.10 Å². The first-order chi connectivity index (χ1) is 13.0. The third-order valence-corrected chi connectivity index (χ3v) is 4.35. The molecule has 0 saturated carbocycles. The molecule has 0 aliphatic carbocycles. The predicted molar refractivity (Wildman–Crippen MR) is 115 cm³/mol. The molecule has 0 aromatic heterocycles. The summed E-state index contributed by atoms with van der Waals surface area (Å²) in [6, 6.07) is 10.8. The van der Waals surface area contributed by atoms with Crippen LogP contribution >= 0.6 is 35.4 Å². The van der Waals surface area contributed by atoms with Crippen molar-refractivity contribution in [2.75, 3.05) is 13.7 Å². The highest BCUT2D eigenvalue weighted by Crippen LogP contribution is 2.31. The van der Waals surface area contributed by atoms with Gasteiger partial charge in [-0.15, -0.1) is 6.58 Å². The molecule has 0 spiro atoms. The highest BCUT2D eigenvalue weighted by atomic mass is 35.5. The minimum absolute atomic E-state index is 0.229. The Labute approximate surface area is 174 Å². The van der Waals surface area contributed by atoms with E-state index >= 15 is 0 Å². The quantitative estimate of drug-likeness (QED) is 0.282. The molecule has 5 nitrogen and oxygen atoms in total. The maximum atomic E-state index is 6.17. The van der Waals surface area contributed by atoms with Crippen LogP contribution in [0.5, 0.6) is 11.5 Å². The van der Waals surface area contributed by atoms with Crippen molar-refractivity contribution < 1.29 is 9.47 Å². The highest BCUT2D eigenvalue weighted by Gasteiger charge is 2.09. The molecule has 2 aromatic carbocycles. The minimum atomic E-state index is 0.229. The van der Waals surface area contributed by atoms with Gasteiger partial charge >= 0.3 is 0 Å². The minimum Gasteiger partial charge on any atom is -0.493 e. The molecule has 0 amide bonds. The van der Waals surface area contributed by atoms with E-state index in [-0.39, 0.29) is 6.61 Å². The van der Waals surface area contributed by atoms with Crippen LogP contribution in [0.2, 0.25) is 10.0 Å². The Morgan fingerprint density at radius 3 is 2.63 bits per heavy atom.